The van der Waals surface area contributed by atoms with Gasteiger partial charge >= 0.3 is 0 Å². The van der Waals surface area contributed by atoms with Gasteiger partial charge in [-0.1, -0.05) is 6.92 Å². The summed E-state index contributed by atoms with van der Waals surface area (Å²) in [5, 5.41) is 3.08. The van der Waals surface area contributed by atoms with Gasteiger partial charge in [0.25, 0.3) is 0 Å². The molecule has 0 bridgehead atoms. The third-order valence-corrected chi connectivity index (χ3v) is 3.99. The van der Waals surface area contributed by atoms with E-state index in [9.17, 15) is 8.42 Å². The smallest absolute Gasteiger partial charge is 0.215 e. The zero-order valence-electron chi connectivity index (χ0n) is 7.41. The standard InChI is InChI=1S/C7H16N2O2S/c1-2-9-6-3-4-8-5-7-12(9,10)11/h8H,2-7H2,1H3. The number of sulfonamides is 1. The summed E-state index contributed by atoms with van der Waals surface area (Å²) in [5.41, 5.74) is 0. The van der Waals surface area contributed by atoms with Crippen molar-refractivity contribution in [2.75, 3.05) is 31.9 Å². The molecule has 0 aromatic rings. The van der Waals surface area contributed by atoms with Gasteiger partial charge in [0, 0.05) is 19.6 Å². The predicted molar refractivity (Wildman–Crippen MR) is 48.5 cm³/mol. The minimum Gasteiger partial charge on any atom is -0.316 e. The first-order chi connectivity index (χ1) is 5.67. The Bertz CT molecular complexity index is 226. The third-order valence-electron chi connectivity index (χ3n) is 2.04. The summed E-state index contributed by atoms with van der Waals surface area (Å²) in [4.78, 5) is 0. The fourth-order valence-corrected chi connectivity index (χ4v) is 2.79. The molecule has 0 radical (unpaired) electrons. The topological polar surface area (TPSA) is 49.4 Å². The van der Waals surface area contributed by atoms with Gasteiger partial charge in [-0.2, -0.15) is 0 Å². The minimum atomic E-state index is -2.96. The highest BCUT2D eigenvalue weighted by atomic mass is 32.2. The van der Waals surface area contributed by atoms with Gasteiger partial charge in [-0.25, -0.2) is 12.7 Å². The quantitative estimate of drug-likeness (QED) is 0.617. The summed E-state index contributed by atoms with van der Waals surface area (Å²) in [7, 11) is -2.96. The van der Waals surface area contributed by atoms with Gasteiger partial charge in [0.05, 0.1) is 5.75 Å². The van der Waals surface area contributed by atoms with Crippen molar-refractivity contribution in [1.29, 1.82) is 0 Å². The van der Waals surface area contributed by atoms with E-state index < -0.39 is 10.0 Å². The van der Waals surface area contributed by atoms with Crippen molar-refractivity contribution >= 4 is 10.0 Å². The lowest BCUT2D eigenvalue weighted by molar-refractivity contribution is 0.406. The van der Waals surface area contributed by atoms with Crippen LogP contribution in [0.1, 0.15) is 13.3 Å². The molecule has 1 N–H and O–H groups in total. The van der Waals surface area contributed by atoms with E-state index in [0.717, 1.165) is 13.0 Å². The lowest BCUT2D eigenvalue weighted by Crippen LogP contribution is -2.40. The number of nitrogens with zero attached hydrogens (tertiary/aromatic N) is 1. The summed E-state index contributed by atoms with van der Waals surface area (Å²) in [6.45, 7) is 4.64. The van der Waals surface area contributed by atoms with Gasteiger partial charge in [0.2, 0.25) is 10.0 Å². The fourth-order valence-electron chi connectivity index (χ4n) is 1.33. The van der Waals surface area contributed by atoms with Gasteiger partial charge in [-0.05, 0) is 13.0 Å². The van der Waals surface area contributed by atoms with Crippen molar-refractivity contribution in [2.24, 2.45) is 0 Å². The normalized spacial score (nSPS) is 26.1. The third kappa shape index (κ3) is 2.43. The first kappa shape index (κ1) is 9.95. The molecule has 0 aromatic heterocycles. The van der Waals surface area contributed by atoms with Crippen LogP contribution in [0.25, 0.3) is 0 Å². The Hall–Kier alpha value is -0.130. The fraction of sp³-hybridized carbons (Fsp3) is 1.00. The molecule has 1 fully saturated rings. The van der Waals surface area contributed by atoms with E-state index in [1.165, 1.54) is 0 Å². The molecule has 0 amide bonds. The van der Waals surface area contributed by atoms with Crippen LogP contribution in [-0.2, 0) is 10.0 Å². The van der Waals surface area contributed by atoms with Crippen molar-refractivity contribution in [3.05, 3.63) is 0 Å². The van der Waals surface area contributed by atoms with E-state index >= 15 is 0 Å². The van der Waals surface area contributed by atoms with Crippen LogP contribution in [0.4, 0.5) is 0 Å². The van der Waals surface area contributed by atoms with Crippen molar-refractivity contribution in [1.82, 2.24) is 9.62 Å². The molecule has 0 aromatic carbocycles. The van der Waals surface area contributed by atoms with Crippen LogP contribution >= 0.6 is 0 Å². The Kier molecular flexibility index (Phi) is 3.49. The minimum absolute atomic E-state index is 0.237. The molecule has 5 heteroatoms. The van der Waals surface area contributed by atoms with Crippen molar-refractivity contribution in [2.45, 2.75) is 13.3 Å². The van der Waals surface area contributed by atoms with Crippen LogP contribution < -0.4 is 5.32 Å². The average molecular weight is 192 g/mol. The molecule has 1 saturated heterocycles. The second kappa shape index (κ2) is 4.20. The van der Waals surface area contributed by atoms with Gasteiger partial charge in [0.1, 0.15) is 0 Å². The molecule has 1 aliphatic rings. The lowest BCUT2D eigenvalue weighted by atomic mass is 10.4. The van der Waals surface area contributed by atoms with Gasteiger partial charge < -0.3 is 5.32 Å². The van der Waals surface area contributed by atoms with Gasteiger partial charge in [0.15, 0.2) is 0 Å². The molecular weight excluding hydrogens is 176 g/mol. The Morgan fingerprint density at radius 1 is 1.42 bits per heavy atom. The highest BCUT2D eigenvalue weighted by molar-refractivity contribution is 7.89. The Morgan fingerprint density at radius 2 is 2.17 bits per heavy atom. The molecule has 12 heavy (non-hydrogen) atoms. The molecule has 0 unspecified atom stereocenters. The molecule has 1 aliphatic heterocycles. The van der Waals surface area contributed by atoms with Gasteiger partial charge in [-0.3, -0.25) is 0 Å². The molecule has 1 heterocycles. The van der Waals surface area contributed by atoms with E-state index in [4.69, 9.17) is 0 Å². The summed E-state index contributed by atoms with van der Waals surface area (Å²) in [5.74, 6) is 0.237. The Balaban J connectivity index is 2.66. The summed E-state index contributed by atoms with van der Waals surface area (Å²) >= 11 is 0. The van der Waals surface area contributed by atoms with Gasteiger partial charge in [-0.15, -0.1) is 0 Å². The van der Waals surface area contributed by atoms with Crippen LogP contribution in [0.3, 0.4) is 0 Å². The second-order valence-electron chi connectivity index (χ2n) is 2.91. The highest BCUT2D eigenvalue weighted by Crippen LogP contribution is 2.03. The number of nitrogens with one attached hydrogen (secondary N) is 1. The SMILES string of the molecule is CCN1CCCNCCS1(=O)=O. The molecule has 4 nitrogen and oxygen atoms in total. The first-order valence-corrected chi connectivity index (χ1v) is 5.96. The molecular formula is C7H16N2O2S. The second-order valence-corrected chi connectivity index (χ2v) is 5.00. The molecule has 1 rings (SSSR count). The lowest BCUT2D eigenvalue weighted by Gasteiger charge is -2.22. The summed E-state index contributed by atoms with van der Waals surface area (Å²) < 4.78 is 24.5. The zero-order valence-corrected chi connectivity index (χ0v) is 8.23. The highest BCUT2D eigenvalue weighted by Gasteiger charge is 2.20. The van der Waals surface area contributed by atoms with Crippen LogP contribution in [0.2, 0.25) is 0 Å². The monoisotopic (exact) mass is 192 g/mol. The van der Waals surface area contributed by atoms with Crippen LogP contribution in [0.5, 0.6) is 0 Å². The average Bonchev–Trinajstić information content (AvgIpc) is 1.99. The van der Waals surface area contributed by atoms with E-state index in [-0.39, 0.29) is 5.75 Å². The maximum atomic E-state index is 11.5. The largest absolute Gasteiger partial charge is 0.316 e. The van der Waals surface area contributed by atoms with E-state index in [0.29, 0.717) is 19.6 Å². The Labute approximate surface area is 74.0 Å². The van der Waals surface area contributed by atoms with Crippen molar-refractivity contribution in [3.63, 3.8) is 0 Å². The van der Waals surface area contributed by atoms with E-state index in [1.807, 2.05) is 6.92 Å². The maximum absolute atomic E-state index is 11.5. The number of hydrogen-bond donors (Lipinski definition) is 1. The molecule has 0 saturated carbocycles. The zero-order chi connectivity index (χ0) is 9.03. The van der Waals surface area contributed by atoms with Crippen molar-refractivity contribution in [3.8, 4) is 0 Å². The van der Waals surface area contributed by atoms with Crippen molar-refractivity contribution < 1.29 is 8.42 Å². The number of hydrogen-bond acceptors (Lipinski definition) is 3. The van der Waals surface area contributed by atoms with Crippen LogP contribution in [-0.4, -0.2) is 44.7 Å². The summed E-state index contributed by atoms with van der Waals surface area (Å²) in [6, 6.07) is 0. The van der Waals surface area contributed by atoms with Crippen LogP contribution in [0.15, 0.2) is 0 Å². The molecule has 0 spiro atoms. The molecule has 0 aliphatic carbocycles. The maximum Gasteiger partial charge on any atom is 0.215 e. The summed E-state index contributed by atoms with van der Waals surface area (Å²) in [6.07, 6.45) is 0.910. The Morgan fingerprint density at radius 3 is 2.83 bits per heavy atom. The predicted octanol–water partition coefficient (Wildman–Crippen LogP) is -0.369. The first-order valence-electron chi connectivity index (χ1n) is 4.35. The number of rotatable bonds is 1. The van der Waals surface area contributed by atoms with Crippen LogP contribution in [0, 0.1) is 0 Å². The van der Waals surface area contributed by atoms with E-state index in [1.54, 1.807) is 4.31 Å². The molecule has 72 valence electrons. The molecule has 0 atom stereocenters. The van der Waals surface area contributed by atoms with E-state index in [2.05, 4.69) is 5.32 Å².